The number of anilines is 1. The number of unbranched alkanes of at least 4 members (excludes halogenated alkanes) is 2. The van der Waals surface area contributed by atoms with Crippen LogP contribution >= 0.6 is 31.9 Å². The Morgan fingerprint density at radius 1 is 0.700 bits per heavy atom. The molecule has 500 valence electrons. The maximum Gasteiger partial charge on any atom is 0.410 e. The summed E-state index contributed by atoms with van der Waals surface area (Å²) in [6, 6.07) is 9.90. The lowest BCUT2D eigenvalue weighted by Gasteiger charge is -2.41. The Labute approximate surface area is 547 Å². The van der Waals surface area contributed by atoms with Gasteiger partial charge in [0, 0.05) is 53.5 Å². The minimum absolute atomic E-state index is 0.0813. The molecular formula is C65H97Br2N9O14. The fraction of sp³-hybridized carbons (Fsp3) is 0.631. The standard InChI is InChI=1S/C65H97Br2N9O14/c1-16-39(8)55(47(88-14)34-49(78)75-33-23-26-46(75)57(89-15)40(9)58(80)68-41(10)56(79)44-24-19-17-20-25-44)73(12)64(86)53(37(4)5)72-61(83)54(38(6)7)74(13)65(87)90-35-43-28-30-45(31-29-43)70-59(81)42(11)69-60(82)52(36(2)3)71-48(77)27-21-18-22-32-76-62(84)50(66)51(67)63(76)85/h17,19-20,24-25,28-31,36-42,46-47,52-57,79H,16,18,21-23,26-27,32-35H2,1-15H3,(H,68,80)(H,69,82)(H,70,81)(H,71,77)(H,72,83)/t39-,40-,41+,42-,46+,47-,52-,53+,54+,55+,56+,57-/m1/s1. The van der Waals surface area contributed by atoms with E-state index in [1.807, 2.05) is 45.9 Å². The van der Waals surface area contributed by atoms with E-state index in [4.69, 9.17) is 14.2 Å². The summed E-state index contributed by atoms with van der Waals surface area (Å²) in [5.74, 6) is -5.78. The van der Waals surface area contributed by atoms with Crippen molar-refractivity contribution in [3.8, 4) is 0 Å². The fourth-order valence-electron chi connectivity index (χ4n) is 11.5. The lowest BCUT2D eigenvalue weighted by Crippen LogP contribution is -2.60. The molecule has 0 bridgehead atoms. The molecule has 2 aromatic rings. The Bertz CT molecular complexity index is 2800. The van der Waals surface area contributed by atoms with E-state index in [1.54, 1.807) is 94.8 Å². The van der Waals surface area contributed by atoms with Crippen molar-refractivity contribution in [3.05, 3.63) is 74.7 Å². The maximum atomic E-state index is 14.8. The number of carbonyl (C=O) groups excluding carboxylic acids is 10. The second kappa shape index (κ2) is 36.1. The second-order valence-corrected chi connectivity index (χ2v) is 26.3. The summed E-state index contributed by atoms with van der Waals surface area (Å²) in [4.78, 5) is 140. The van der Waals surface area contributed by atoms with Crippen molar-refractivity contribution in [2.45, 2.75) is 195 Å². The van der Waals surface area contributed by atoms with Crippen LogP contribution in [0.3, 0.4) is 0 Å². The Hall–Kier alpha value is -6.28. The highest BCUT2D eigenvalue weighted by molar-refractivity contribution is 9.14. The molecular weight excluding hydrogens is 1290 g/mol. The molecule has 1 saturated heterocycles. The minimum atomic E-state index is -1.06. The number of benzene rings is 2. The summed E-state index contributed by atoms with van der Waals surface area (Å²) >= 11 is 6.21. The van der Waals surface area contributed by atoms with Crippen LogP contribution in [0.4, 0.5) is 10.5 Å². The van der Waals surface area contributed by atoms with E-state index in [0.29, 0.717) is 61.9 Å². The average molecular weight is 1390 g/mol. The molecule has 0 radical (unpaired) electrons. The van der Waals surface area contributed by atoms with Crippen LogP contribution < -0.4 is 26.6 Å². The Balaban J connectivity index is 1.31. The molecule has 25 heteroatoms. The number of hydrogen-bond acceptors (Lipinski definition) is 14. The predicted octanol–water partition coefficient (Wildman–Crippen LogP) is 7.09. The zero-order valence-electron chi connectivity index (χ0n) is 54.9. The van der Waals surface area contributed by atoms with Gasteiger partial charge in [0.25, 0.3) is 11.8 Å². The number of nitrogens with zero attached hydrogens (tertiary/aromatic N) is 4. The molecule has 0 spiro atoms. The van der Waals surface area contributed by atoms with Crippen molar-refractivity contribution in [1.82, 2.24) is 40.9 Å². The smallest absolute Gasteiger partial charge is 0.410 e. The first-order valence-electron chi connectivity index (χ1n) is 31.2. The number of ether oxygens (including phenoxy) is 3. The normalized spacial score (nSPS) is 18.0. The Kier molecular flexibility index (Phi) is 30.5. The van der Waals surface area contributed by atoms with Crippen molar-refractivity contribution < 1.29 is 67.3 Å². The molecule has 2 aromatic carbocycles. The van der Waals surface area contributed by atoms with Gasteiger partial charge in [0.05, 0.1) is 48.8 Å². The number of nitrogens with one attached hydrogen (secondary N) is 5. The van der Waals surface area contributed by atoms with Crippen LogP contribution in [0.2, 0.25) is 0 Å². The molecule has 0 unspecified atom stereocenters. The van der Waals surface area contributed by atoms with Gasteiger partial charge in [-0.25, -0.2) is 4.79 Å². The predicted molar refractivity (Wildman–Crippen MR) is 348 cm³/mol. The fourth-order valence-corrected chi connectivity index (χ4v) is 12.2. The third-order valence-corrected chi connectivity index (χ3v) is 19.0. The number of carbonyl (C=O) groups is 10. The monoisotopic (exact) mass is 1390 g/mol. The van der Waals surface area contributed by atoms with Crippen molar-refractivity contribution >= 4 is 96.8 Å². The van der Waals surface area contributed by atoms with Gasteiger partial charge in [0.15, 0.2) is 0 Å². The lowest BCUT2D eigenvalue weighted by atomic mass is 9.89. The molecule has 90 heavy (non-hydrogen) atoms. The number of methoxy groups -OCH3 is 2. The van der Waals surface area contributed by atoms with Gasteiger partial charge in [0.1, 0.15) is 39.7 Å². The van der Waals surface area contributed by atoms with E-state index < -0.39 is 120 Å². The van der Waals surface area contributed by atoms with Crippen LogP contribution in [0.15, 0.2) is 63.6 Å². The van der Waals surface area contributed by atoms with Gasteiger partial charge in [-0.05, 0) is 118 Å². The van der Waals surface area contributed by atoms with E-state index in [-0.39, 0.29) is 64.5 Å². The molecule has 10 amide bonds. The van der Waals surface area contributed by atoms with Crippen LogP contribution in [0.25, 0.3) is 0 Å². The lowest BCUT2D eigenvalue weighted by molar-refractivity contribution is -0.148. The van der Waals surface area contributed by atoms with E-state index in [2.05, 4.69) is 58.4 Å². The highest BCUT2D eigenvalue weighted by Crippen LogP contribution is 2.32. The van der Waals surface area contributed by atoms with E-state index in [1.165, 1.54) is 33.1 Å². The van der Waals surface area contributed by atoms with Gasteiger partial charge in [-0.15, -0.1) is 0 Å². The molecule has 2 aliphatic heterocycles. The van der Waals surface area contributed by atoms with Crippen LogP contribution in [0.1, 0.15) is 145 Å². The number of amides is 10. The highest BCUT2D eigenvalue weighted by atomic mass is 79.9. The number of likely N-dealkylation sites (tertiary alicyclic amines) is 1. The minimum Gasteiger partial charge on any atom is -0.445 e. The Morgan fingerprint density at radius 2 is 1.31 bits per heavy atom. The third-order valence-electron chi connectivity index (χ3n) is 17.0. The summed E-state index contributed by atoms with van der Waals surface area (Å²) in [6.45, 7) is 20.1. The molecule has 12 atom stereocenters. The summed E-state index contributed by atoms with van der Waals surface area (Å²) < 4.78 is 18.1. The second-order valence-electron chi connectivity index (χ2n) is 24.7. The zero-order valence-corrected chi connectivity index (χ0v) is 58.1. The van der Waals surface area contributed by atoms with Crippen LogP contribution in [0.5, 0.6) is 0 Å². The van der Waals surface area contributed by atoms with Crippen LogP contribution in [-0.4, -0.2) is 180 Å². The van der Waals surface area contributed by atoms with Gasteiger partial charge in [-0.2, -0.15) is 0 Å². The van der Waals surface area contributed by atoms with Crippen LogP contribution in [-0.2, 0) is 64.0 Å². The van der Waals surface area contributed by atoms with Gasteiger partial charge >= 0.3 is 6.09 Å². The summed E-state index contributed by atoms with van der Waals surface area (Å²) in [5, 5.41) is 25.0. The van der Waals surface area contributed by atoms with Crippen molar-refractivity contribution in [3.63, 3.8) is 0 Å². The van der Waals surface area contributed by atoms with Crippen molar-refractivity contribution in [2.24, 2.45) is 29.6 Å². The maximum absolute atomic E-state index is 14.8. The van der Waals surface area contributed by atoms with E-state index in [0.717, 1.165) is 4.90 Å². The van der Waals surface area contributed by atoms with Crippen LogP contribution in [0, 0.1) is 29.6 Å². The SMILES string of the molecule is CC[C@@H](C)[C@@H]([C@@H](CC(=O)N1CCC[C@H]1[C@H](OC)[C@@H](C)C(=O)N[C@@H](C)[C@H](O)c1ccccc1)OC)N(C)C(=O)[C@@H](NC(=O)[C@H](C(C)C)N(C)C(=O)OCc1ccc(NC(=O)[C@@H](C)NC(=O)[C@H](NC(=O)CCCCCN2C(=O)C(Br)=C(Br)C2=O)C(C)C)cc1)C(C)C. The number of halogens is 2. The molecule has 0 saturated carbocycles. The topological polar surface area (TPSA) is 292 Å². The van der Waals surface area contributed by atoms with Gasteiger partial charge in [-0.3, -0.25) is 53.0 Å². The molecule has 0 aromatic heterocycles. The third kappa shape index (κ3) is 20.6. The molecule has 2 aliphatic rings. The molecule has 1 fully saturated rings. The first-order valence-corrected chi connectivity index (χ1v) is 32.8. The quantitative estimate of drug-likeness (QED) is 0.0301. The molecule has 6 N–H and O–H groups in total. The number of imide groups is 1. The van der Waals surface area contributed by atoms with Gasteiger partial charge in [0.2, 0.25) is 41.4 Å². The largest absolute Gasteiger partial charge is 0.445 e. The Morgan fingerprint density at radius 3 is 1.87 bits per heavy atom. The van der Waals surface area contributed by atoms with E-state index >= 15 is 0 Å². The number of aliphatic hydroxyl groups excluding tert-OH is 1. The van der Waals surface area contributed by atoms with E-state index in [9.17, 15) is 53.1 Å². The summed E-state index contributed by atoms with van der Waals surface area (Å²) in [7, 11) is 6.11. The number of rotatable bonds is 34. The average Bonchev–Trinajstić information content (AvgIpc) is 1.62. The molecule has 0 aliphatic carbocycles. The first-order chi connectivity index (χ1) is 42.4. The highest BCUT2D eigenvalue weighted by Gasteiger charge is 2.44. The van der Waals surface area contributed by atoms with Crippen molar-refractivity contribution in [2.75, 3.05) is 46.7 Å². The summed E-state index contributed by atoms with van der Waals surface area (Å²) in [5.41, 5.74) is 1.63. The number of hydrogen-bond donors (Lipinski definition) is 6. The number of aliphatic hydroxyl groups is 1. The molecule has 23 nitrogen and oxygen atoms in total. The van der Waals surface area contributed by atoms with Gasteiger partial charge < -0.3 is 55.7 Å². The molecule has 4 rings (SSSR count). The summed E-state index contributed by atoms with van der Waals surface area (Å²) in [6.07, 6.45) is 0.310. The zero-order chi connectivity index (χ0) is 67.4. The molecule has 2 heterocycles. The van der Waals surface area contributed by atoms with Crippen molar-refractivity contribution in [1.29, 1.82) is 0 Å². The number of likely N-dealkylation sites (N-methyl/N-ethyl adjacent to an activating group) is 2. The first kappa shape index (κ1) is 76.2. The van der Waals surface area contributed by atoms with Gasteiger partial charge in [-0.1, -0.05) is 118 Å².